The van der Waals surface area contributed by atoms with E-state index in [1.807, 2.05) is 0 Å². The van der Waals surface area contributed by atoms with Crippen LogP contribution in [0, 0.1) is 0 Å². The van der Waals surface area contributed by atoms with Gasteiger partial charge in [-0.1, -0.05) is 25.7 Å². The fourth-order valence-electron chi connectivity index (χ4n) is 2.98. The normalized spacial score (nSPS) is 29.9. The molecule has 1 aliphatic carbocycles. The second kappa shape index (κ2) is 5.64. The third kappa shape index (κ3) is 2.74. The standard InChI is InChI=1S/C12H22N2O2/c15-12(16)11-9-13-7-8-14(11)10-5-3-1-2-4-6-10/h10-11,13H,1-9H2,(H,15,16). The van der Waals surface area contributed by atoms with Gasteiger partial charge in [-0.25, -0.2) is 0 Å². The molecule has 4 heteroatoms. The molecule has 0 bridgehead atoms. The Morgan fingerprint density at radius 2 is 1.88 bits per heavy atom. The molecule has 4 nitrogen and oxygen atoms in total. The number of rotatable bonds is 2. The second-order valence-electron chi connectivity index (χ2n) is 4.94. The molecule has 0 aromatic carbocycles. The van der Waals surface area contributed by atoms with Gasteiger partial charge in [-0.15, -0.1) is 0 Å². The predicted molar refractivity (Wildman–Crippen MR) is 62.5 cm³/mol. The van der Waals surface area contributed by atoms with E-state index in [4.69, 9.17) is 0 Å². The maximum atomic E-state index is 11.2. The molecule has 1 saturated heterocycles. The van der Waals surface area contributed by atoms with Crippen LogP contribution in [0.3, 0.4) is 0 Å². The largest absolute Gasteiger partial charge is 0.480 e. The number of carboxylic acid groups (broad SMARTS) is 1. The van der Waals surface area contributed by atoms with Crippen molar-refractivity contribution in [3.63, 3.8) is 0 Å². The number of hydrogen-bond acceptors (Lipinski definition) is 3. The molecule has 2 aliphatic rings. The molecule has 0 aromatic heterocycles. The van der Waals surface area contributed by atoms with E-state index >= 15 is 0 Å². The van der Waals surface area contributed by atoms with E-state index in [1.165, 1.54) is 38.5 Å². The van der Waals surface area contributed by atoms with Crippen LogP contribution in [0.5, 0.6) is 0 Å². The fraction of sp³-hybridized carbons (Fsp3) is 0.917. The van der Waals surface area contributed by atoms with Gasteiger partial charge in [0.25, 0.3) is 0 Å². The first-order chi connectivity index (χ1) is 7.79. The van der Waals surface area contributed by atoms with Gasteiger partial charge in [-0.2, -0.15) is 0 Å². The molecule has 92 valence electrons. The van der Waals surface area contributed by atoms with E-state index in [9.17, 15) is 9.90 Å². The molecule has 2 rings (SSSR count). The van der Waals surface area contributed by atoms with E-state index in [2.05, 4.69) is 10.2 Å². The monoisotopic (exact) mass is 226 g/mol. The lowest BCUT2D eigenvalue weighted by molar-refractivity contribution is -0.145. The molecule has 2 fully saturated rings. The molecule has 0 aromatic rings. The van der Waals surface area contributed by atoms with Gasteiger partial charge in [0.05, 0.1) is 0 Å². The molecule has 1 aliphatic heterocycles. The van der Waals surface area contributed by atoms with Crippen LogP contribution in [-0.4, -0.2) is 47.7 Å². The van der Waals surface area contributed by atoms with Gasteiger partial charge in [0.1, 0.15) is 6.04 Å². The number of carboxylic acids is 1. The molecule has 1 unspecified atom stereocenters. The lowest BCUT2D eigenvalue weighted by Crippen LogP contribution is -2.58. The van der Waals surface area contributed by atoms with E-state index < -0.39 is 5.97 Å². The van der Waals surface area contributed by atoms with Crippen molar-refractivity contribution in [3.8, 4) is 0 Å². The number of hydrogen-bond donors (Lipinski definition) is 2. The van der Waals surface area contributed by atoms with Crippen LogP contribution in [0.4, 0.5) is 0 Å². The summed E-state index contributed by atoms with van der Waals surface area (Å²) in [5.41, 5.74) is 0. The Balaban J connectivity index is 2.00. The Labute approximate surface area is 97.0 Å². The summed E-state index contributed by atoms with van der Waals surface area (Å²) < 4.78 is 0. The summed E-state index contributed by atoms with van der Waals surface area (Å²) in [4.78, 5) is 13.4. The molecule has 2 N–H and O–H groups in total. The van der Waals surface area contributed by atoms with Crippen LogP contribution < -0.4 is 5.32 Å². The first-order valence-electron chi connectivity index (χ1n) is 6.48. The maximum absolute atomic E-state index is 11.2. The van der Waals surface area contributed by atoms with Crippen molar-refractivity contribution in [1.82, 2.24) is 10.2 Å². The Kier molecular flexibility index (Phi) is 4.18. The summed E-state index contributed by atoms with van der Waals surface area (Å²) in [5.74, 6) is -0.670. The predicted octanol–water partition coefficient (Wildman–Crippen LogP) is 1.07. The Hall–Kier alpha value is -0.610. The summed E-state index contributed by atoms with van der Waals surface area (Å²) in [6.45, 7) is 2.42. The van der Waals surface area contributed by atoms with Crippen LogP contribution in [0.25, 0.3) is 0 Å². The van der Waals surface area contributed by atoms with E-state index in [-0.39, 0.29) is 6.04 Å². The van der Waals surface area contributed by atoms with E-state index in [0.717, 1.165) is 13.1 Å². The molecule has 0 radical (unpaired) electrons. The topological polar surface area (TPSA) is 52.6 Å². The number of piperazine rings is 1. The van der Waals surface area contributed by atoms with Gasteiger partial charge >= 0.3 is 5.97 Å². The third-order valence-corrected chi connectivity index (χ3v) is 3.86. The highest BCUT2D eigenvalue weighted by molar-refractivity contribution is 5.74. The van der Waals surface area contributed by atoms with Gasteiger partial charge in [0.15, 0.2) is 0 Å². The number of carbonyl (C=O) groups is 1. The van der Waals surface area contributed by atoms with Gasteiger partial charge in [-0.05, 0) is 12.8 Å². The maximum Gasteiger partial charge on any atom is 0.322 e. The van der Waals surface area contributed by atoms with Crippen molar-refractivity contribution in [2.24, 2.45) is 0 Å². The highest BCUT2D eigenvalue weighted by Crippen LogP contribution is 2.24. The first kappa shape index (κ1) is 11.9. The van der Waals surface area contributed by atoms with Crippen LogP contribution in [0.1, 0.15) is 38.5 Å². The Morgan fingerprint density at radius 3 is 2.50 bits per heavy atom. The zero-order chi connectivity index (χ0) is 11.4. The van der Waals surface area contributed by atoms with Crippen molar-refractivity contribution in [2.75, 3.05) is 19.6 Å². The SMILES string of the molecule is O=C(O)C1CNCCN1C1CCCCCC1. The van der Waals surface area contributed by atoms with Gasteiger partial charge < -0.3 is 10.4 Å². The average Bonchev–Trinajstić information content (AvgIpc) is 2.57. The number of nitrogens with zero attached hydrogens (tertiary/aromatic N) is 1. The fourth-order valence-corrected chi connectivity index (χ4v) is 2.98. The zero-order valence-electron chi connectivity index (χ0n) is 9.82. The Bertz CT molecular complexity index is 237. The molecule has 16 heavy (non-hydrogen) atoms. The quantitative estimate of drug-likeness (QED) is 0.692. The third-order valence-electron chi connectivity index (χ3n) is 3.86. The molecule has 0 spiro atoms. The highest BCUT2D eigenvalue weighted by atomic mass is 16.4. The van der Waals surface area contributed by atoms with Crippen LogP contribution in [0.15, 0.2) is 0 Å². The minimum Gasteiger partial charge on any atom is -0.480 e. The van der Waals surface area contributed by atoms with Crippen molar-refractivity contribution in [3.05, 3.63) is 0 Å². The van der Waals surface area contributed by atoms with Crippen LogP contribution in [-0.2, 0) is 4.79 Å². The summed E-state index contributed by atoms with van der Waals surface area (Å²) in [6, 6.07) is 0.197. The second-order valence-corrected chi connectivity index (χ2v) is 4.94. The van der Waals surface area contributed by atoms with Gasteiger partial charge in [0.2, 0.25) is 0 Å². The minimum atomic E-state index is -0.670. The average molecular weight is 226 g/mol. The summed E-state index contributed by atoms with van der Waals surface area (Å²) in [5, 5.41) is 12.4. The van der Waals surface area contributed by atoms with Gasteiger partial charge in [0, 0.05) is 25.7 Å². The zero-order valence-corrected chi connectivity index (χ0v) is 9.82. The lowest BCUT2D eigenvalue weighted by Gasteiger charge is -2.39. The minimum absolute atomic E-state index is 0.308. The molecular formula is C12H22N2O2. The Morgan fingerprint density at radius 1 is 1.19 bits per heavy atom. The van der Waals surface area contributed by atoms with Crippen molar-refractivity contribution >= 4 is 5.97 Å². The van der Waals surface area contributed by atoms with Gasteiger partial charge in [-0.3, -0.25) is 9.69 Å². The molecule has 1 heterocycles. The molecule has 1 atom stereocenters. The molecule has 1 saturated carbocycles. The van der Waals surface area contributed by atoms with Crippen molar-refractivity contribution in [1.29, 1.82) is 0 Å². The molecular weight excluding hydrogens is 204 g/mol. The first-order valence-corrected chi connectivity index (χ1v) is 6.48. The van der Waals surface area contributed by atoms with Crippen LogP contribution in [0.2, 0.25) is 0 Å². The van der Waals surface area contributed by atoms with Crippen LogP contribution >= 0.6 is 0 Å². The lowest BCUT2D eigenvalue weighted by atomic mass is 10.0. The summed E-state index contributed by atoms with van der Waals surface area (Å²) in [6.07, 6.45) is 7.54. The van der Waals surface area contributed by atoms with E-state index in [1.54, 1.807) is 0 Å². The summed E-state index contributed by atoms with van der Waals surface area (Å²) >= 11 is 0. The smallest absolute Gasteiger partial charge is 0.322 e. The van der Waals surface area contributed by atoms with Crippen molar-refractivity contribution in [2.45, 2.75) is 50.6 Å². The number of aliphatic carboxylic acids is 1. The van der Waals surface area contributed by atoms with Crippen molar-refractivity contribution < 1.29 is 9.90 Å². The summed E-state index contributed by atoms with van der Waals surface area (Å²) in [7, 11) is 0. The van der Waals surface area contributed by atoms with E-state index in [0.29, 0.717) is 12.6 Å². The molecule has 0 amide bonds. The number of nitrogens with one attached hydrogen (secondary N) is 1. The highest BCUT2D eigenvalue weighted by Gasteiger charge is 2.33.